The van der Waals surface area contributed by atoms with Crippen molar-refractivity contribution in [2.24, 2.45) is 11.7 Å². The first-order valence-electron chi connectivity index (χ1n) is 6.24. The third kappa shape index (κ3) is 2.45. The molecule has 88 valence electrons. The number of nitrogens with one attached hydrogen (secondary N) is 1. The van der Waals surface area contributed by atoms with Crippen molar-refractivity contribution < 1.29 is 0 Å². The first-order valence-corrected chi connectivity index (χ1v) is 6.24. The van der Waals surface area contributed by atoms with Crippen LogP contribution in [0.3, 0.4) is 0 Å². The predicted molar refractivity (Wildman–Crippen MR) is 68.4 cm³/mol. The molecule has 1 aromatic carbocycles. The SMILES string of the molecule is CC(C)c1ccc(C(N)C2CCNC2)cc1. The number of nitrogens with two attached hydrogens (primary N) is 1. The fourth-order valence-electron chi connectivity index (χ4n) is 2.36. The number of hydrogen-bond acceptors (Lipinski definition) is 2. The van der Waals surface area contributed by atoms with Gasteiger partial charge in [-0.05, 0) is 42.5 Å². The molecule has 2 atom stereocenters. The van der Waals surface area contributed by atoms with Crippen LogP contribution in [0, 0.1) is 5.92 Å². The normalized spacial score (nSPS) is 22.6. The molecule has 16 heavy (non-hydrogen) atoms. The van der Waals surface area contributed by atoms with Crippen LogP contribution < -0.4 is 11.1 Å². The largest absolute Gasteiger partial charge is 0.324 e. The Morgan fingerprint density at radius 1 is 1.19 bits per heavy atom. The zero-order valence-corrected chi connectivity index (χ0v) is 10.2. The average Bonchev–Trinajstić information content (AvgIpc) is 2.81. The monoisotopic (exact) mass is 218 g/mol. The van der Waals surface area contributed by atoms with Crippen LogP contribution in [0.15, 0.2) is 24.3 Å². The summed E-state index contributed by atoms with van der Waals surface area (Å²) in [5.74, 6) is 1.20. The van der Waals surface area contributed by atoms with Crippen LogP contribution in [0.2, 0.25) is 0 Å². The van der Waals surface area contributed by atoms with Gasteiger partial charge in [0.15, 0.2) is 0 Å². The standard InChI is InChI=1S/C14H22N2/c1-10(2)11-3-5-12(6-4-11)14(15)13-7-8-16-9-13/h3-6,10,13-14,16H,7-9,15H2,1-2H3. The van der Waals surface area contributed by atoms with Crippen LogP contribution in [0.1, 0.15) is 43.4 Å². The summed E-state index contributed by atoms with van der Waals surface area (Å²) in [6.45, 7) is 6.61. The second kappa shape index (κ2) is 4.98. The van der Waals surface area contributed by atoms with E-state index >= 15 is 0 Å². The van der Waals surface area contributed by atoms with Gasteiger partial charge in [-0.15, -0.1) is 0 Å². The van der Waals surface area contributed by atoms with Gasteiger partial charge in [0.25, 0.3) is 0 Å². The molecule has 0 bridgehead atoms. The predicted octanol–water partition coefficient (Wildman–Crippen LogP) is 2.42. The highest BCUT2D eigenvalue weighted by Gasteiger charge is 2.22. The van der Waals surface area contributed by atoms with Crippen LogP contribution in [0.5, 0.6) is 0 Å². The second-order valence-corrected chi connectivity index (χ2v) is 5.10. The Morgan fingerprint density at radius 2 is 1.81 bits per heavy atom. The fraction of sp³-hybridized carbons (Fsp3) is 0.571. The third-order valence-electron chi connectivity index (χ3n) is 3.59. The molecule has 2 unspecified atom stereocenters. The maximum atomic E-state index is 6.29. The van der Waals surface area contributed by atoms with Crippen molar-refractivity contribution in [1.29, 1.82) is 0 Å². The molecule has 3 N–H and O–H groups in total. The Morgan fingerprint density at radius 3 is 2.31 bits per heavy atom. The lowest BCUT2D eigenvalue weighted by atomic mass is 9.91. The van der Waals surface area contributed by atoms with E-state index < -0.39 is 0 Å². The lowest BCUT2D eigenvalue weighted by molar-refractivity contribution is 0.470. The Balaban J connectivity index is 2.08. The van der Waals surface area contributed by atoms with Crippen LogP contribution in [-0.2, 0) is 0 Å². The highest BCUT2D eigenvalue weighted by Crippen LogP contribution is 2.25. The summed E-state index contributed by atoms with van der Waals surface area (Å²) in [5, 5.41) is 3.37. The van der Waals surface area contributed by atoms with E-state index in [9.17, 15) is 0 Å². The molecule has 1 aromatic rings. The maximum absolute atomic E-state index is 6.29. The molecule has 0 spiro atoms. The van der Waals surface area contributed by atoms with Crippen molar-refractivity contribution >= 4 is 0 Å². The highest BCUT2D eigenvalue weighted by molar-refractivity contribution is 5.27. The maximum Gasteiger partial charge on any atom is 0.0336 e. The molecule has 0 aromatic heterocycles. The molecular weight excluding hydrogens is 196 g/mol. The van der Waals surface area contributed by atoms with E-state index in [0.29, 0.717) is 11.8 Å². The number of hydrogen-bond donors (Lipinski definition) is 2. The Bertz CT molecular complexity index is 323. The first-order chi connectivity index (χ1) is 7.68. The molecule has 0 aliphatic carbocycles. The molecule has 2 rings (SSSR count). The Kier molecular flexibility index (Phi) is 3.62. The van der Waals surface area contributed by atoms with E-state index in [1.165, 1.54) is 17.5 Å². The molecule has 0 saturated carbocycles. The summed E-state index contributed by atoms with van der Waals surface area (Å²) >= 11 is 0. The highest BCUT2D eigenvalue weighted by atomic mass is 14.9. The first kappa shape index (κ1) is 11.6. The van der Waals surface area contributed by atoms with Crippen molar-refractivity contribution in [3.8, 4) is 0 Å². The average molecular weight is 218 g/mol. The van der Waals surface area contributed by atoms with Gasteiger partial charge in [0.1, 0.15) is 0 Å². The van der Waals surface area contributed by atoms with Gasteiger partial charge < -0.3 is 11.1 Å². The smallest absolute Gasteiger partial charge is 0.0336 e. The van der Waals surface area contributed by atoms with Gasteiger partial charge in [-0.2, -0.15) is 0 Å². The minimum atomic E-state index is 0.191. The minimum absolute atomic E-state index is 0.191. The van der Waals surface area contributed by atoms with Gasteiger partial charge >= 0.3 is 0 Å². The van der Waals surface area contributed by atoms with Gasteiger partial charge in [-0.1, -0.05) is 38.1 Å². The van der Waals surface area contributed by atoms with E-state index in [1.807, 2.05) is 0 Å². The topological polar surface area (TPSA) is 38.0 Å². The molecule has 0 amide bonds. The number of rotatable bonds is 3. The molecule has 1 aliphatic heterocycles. The Hall–Kier alpha value is -0.860. The summed E-state index contributed by atoms with van der Waals surface area (Å²) in [7, 11) is 0. The van der Waals surface area contributed by atoms with Crippen molar-refractivity contribution in [2.45, 2.75) is 32.2 Å². The van der Waals surface area contributed by atoms with E-state index in [4.69, 9.17) is 5.73 Å². The summed E-state index contributed by atoms with van der Waals surface area (Å²) in [4.78, 5) is 0. The van der Waals surface area contributed by atoms with E-state index in [-0.39, 0.29) is 6.04 Å². The van der Waals surface area contributed by atoms with Crippen molar-refractivity contribution in [1.82, 2.24) is 5.32 Å². The van der Waals surface area contributed by atoms with E-state index in [0.717, 1.165) is 13.1 Å². The molecule has 1 saturated heterocycles. The molecular formula is C14H22N2. The van der Waals surface area contributed by atoms with Gasteiger partial charge in [0.2, 0.25) is 0 Å². The fourth-order valence-corrected chi connectivity index (χ4v) is 2.36. The van der Waals surface area contributed by atoms with E-state index in [1.54, 1.807) is 0 Å². The van der Waals surface area contributed by atoms with Crippen LogP contribution in [0.4, 0.5) is 0 Å². The van der Waals surface area contributed by atoms with E-state index in [2.05, 4.69) is 43.4 Å². The molecule has 2 heteroatoms. The lowest BCUT2D eigenvalue weighted by Gasteiger charge is -2.19. The summed E-state index contributed by atoms with van der Waals surface area (Å²) in [6.07, 6.45) is 1.20. The lowest BCUT2D eigenvalue weighted by Crippen LogP contribution is -2.23. The molecule has 1 fully saturated rings. The van der Waals surface area contributed by atoms with Gasteiger partial charge in [-0.3, -0.25) is 0 Å². The van der Waals surface area contributed by atoms with Crippen LogP contribution >= 0.6 is 0 Å². The molecule has 2 nitrogen and oxygen atoms in total. The second-order valence-electron chi connectivity index (χ2n) is 5.10. The molecule has 0 radical (unpaired) electrons. The van der Waals surface area contributed by atoms with Crippen LogP contribution in [-0.4, -0.2) is 13.1 Å². The van der Waals surface area contributed by atoms with Gasteiger partial charge in [0, 0.05) is 6.04 Å². The molecule has 1 aliphatic rings. The zero-order valence-electron chi connectivity index (χ0n) is 10.2. The summed E-state index contributed by atoms with van der Waals surface area (Å²) in [5.41, 5.74) is 8.95. The third-order valence-corrected chi connectivity index (χ3v) is 3.59. The van der Waals surface area contributed by atoms with Crippen molar-refractivity contribution in [2.75, 3.05) is 13.1 Å². The zero-order chi connectivity index (χ0) is 11.5. The van der Waals surface area contributed by atoms with Crippen molar-refractivity contribution in [3.63, 3.8) is 0 Å². The number of benzene rings is 1. The quantitative estimate of drug-likeness (QED) is 0.817. The Labute approximate surface area is 98.2 Å². The molecule has 1 heterocycles. The van der Waals surface area contributed by atoms with Gasteiger partial charge in [0.05, 0.1) is 0 Å². The summed E-state index contributed by atoms with van der Waals surface area (Å²) < 4.78 is 0. The summed E-state index contributed by atoms with van der Waals surface area (Å²) in [6, 6.07) is 9.00. The van der Waals surface area contributed by atoms with Crippen molar-refractivity contribution in [3.05, 3.63) is 35.4 Å². The minimum Gasteiger partial charge on any atom is -0.324 e. The van der Waals surface area contributed by atoms with Gasteiger partial charge in [-0.25, -0.2) is 0 Å². The van der Waals surface area contributed by atoms with Crippen LogP contribution in [0.25, 0.3) is 0 Å².